The molecule has 4 rings (SSSR count). The topological polar surface area (TPSA) is 98.6 Å². The molecule has 1 aliphatic rings. The van der Waals surface area contributed by atoms with Gasteiger partial charge in [-0.1, -0.05) is 30.0 Å². The van der Waals surface area contributed by atoms with Crippen molar-refractivity contribution in [2.75, 3.05) is 13.7 Å². The smallest absolute Gasteiger partial charge is 0.295 e. The van der Waals surface area contributed by atoms with Crippen LogP contribution in [-0.2, 0) is 16.1 Å². The molecule has 2 aromatic carbocycles. The molecule has 1 N–H and O–H groups in total. The summed E-state index contributed by atoms with van der Waals surface area (Å²) < 4.78 is 12.9. The molecule has 0 saturated carbocycles. The summed E-state index contributed by atoms with van der Waals surface area (Å²) in [4.78, 5) is 30.7. The predicted molar refractivity (Wildman–Crippen MR) is 127 cm³/mol. The summed E-state index contributed by atoms with van der Waals surface area (Å²) in [6.45, 7) is 4.87. The Hall–Kier alpha value is -4.07. The molecule has 0 aliphatic carbocycles. The molecular weight excluding hydrogens is 446 g/mol. The highest BCUT2D eigenvalue weighted by Gasteiger charge is 2.43. The maximum atomic E-state index is 13.5. The Kier molecular flexibility index (Phi) is 7.19. The minimum Gasteiger partial charge on any atom is -0.872 e. The van der Waals surface area contributed by atoms with E-state index in [1.165, 1.54) is 12.0 Å². The summed E-state index contributed by atoms with van der Waals surface area (Å²) >= 11 is 0. The molecular formula is C27H29N3O5. The molecule has 1 fully saturated rings. The lowest BCUT2D eigenvalue weighted by Gasteiger charge is -2.27. The van der Waals surface area contributed by atoms with Gasteiger partial charge in [-0.3, -0.25) is 14.6 Å². The number of nitrogens with zero attached hydrogens (tertiary/aromatic N) is 2. The molecule has 0 radical (unpaired) electrons. The Labute approximate surface area is 204 Å². The van der Waals surface area contributed by atoms with Crippen molar-refractivity contribution >= 4 is 17.4 Å². The number of Topliss-reactive ketones (excluding diaryl/α,β-unsaturated/α-hetero) is 1. The molecule has 1 saturated heterocycles. The largest absolute Gasteiger partial charge is 0.872 e. The molecule has 1 unspecified atom stereocenters. The third kappa shape index (κ3) is 5.21. The van der Waals surface area contributed by atoms with Gasteiger partial charge in [0.15, 0.2) is 0 Å². The molecule has 1 atom stereocenters. The van der Waals surface area contributed by atoms with E-state index in [2.05, 4.69) is 4.98 Å². The van der Waals surface area contributed by atoms with Gasteiger partial charge >= 0.3 is 0 Å². The van der Waals surface area contributed by atoms with Gasteiger partial charge in [0.25, 0.3) is 5.91 Å². The number of rotatable bonds is 9. The number of nitrogens with one attached hydrogen (secondary N) is 1. The van der Waals surface area contributed by atoms with Crippen LogP contribution < -0.4 is 19.1 Å². The summed E-state index contributed by atoms with van der Waals surface area (Å²) in [6, 6.07) is 13.0. The van der Waals surface area contributed by atoms with Crippen molar-refractivity contribution in [3.63, 3.8) is 0 Å². The highest BCUT2D eigenvalue weighted by atomic mass is 16.5. The predicted octanol–water partition coefficient (Wildman–Crippen LogP) is 2.41. The maximum absolute atomic E-state index is 13.5. The van der Waals surface area contributed by atoms with Crippen molar-refractivity contribution in [3.8, 4) is 11.5 Å². The first-order chi connectivity index (χ1) is 16.9. The van der Waals surface area contributed by atoms with E-state index in [-0.39, 0.29) is 11.7 Å². The fraction of sp³-hybridized carbons (Fsp3) is 0.296. The van der Waals surface area contributed by atoms with Crippen LogP contribution in [0.15, 0.2) is 72.8 Å². The van der Waals surface area contributed by atoms with Crippen molar-refractivity contribution in [3.05, 3.63) is 84.0 Å². The number of hydrogen-bond acceptors (Lipinski definition) is 5. The van der Waals surface area contributed by atoms with E-state index in [1.54, 1.807) is 36.4 Å². The van der Waals surface area contributed by atoms with Gasteiger partial charge in [0.1, 0.15) is 23.9 Å². The third-order valence-corrected chi connectivity index (χ3v) is 5.87. The van der Waals surface area contributed by atoms with E-state index in [0.717, 1.165) is 0 Å². The monoisotopic (exact) mass is 475 g/mol. The van der Waals surface area contributed by atoms with Crippen LogP contribution in [0.3, 0.4) is 0 Å². The van der Waals surface area contributed by atoms with Crippen molar-refractivity contribution in [2.45, 2.75) is 39.0 Å². The number of benzene rings is 2. The van der Waals surface area contributed by atoms with Crippen LogP contribution in [0.2, 0.25) is 0 Å². The van der Waals surface area contributed by atoms with Gasteiger partial charge in [0.2, 0.25) is 12.1 Å². The Bertz CT molecular complexity index is 1200. The van der Waals surface area contributed by atoms with Crippen molar-refractivity contribution in [1.29, 1.82) is 0 Å². The average molecular weight is 476 g/mol. The lowest BCUT2D eigenvalue weighted by Crippen LogP contribution is -2.36. The van der Waals surface area contributed by atoms with E-state index < -0.39 is 23.5 Å². The van der Waals surface area contributed by atoms with Crippen molar-refractivity contribution in [2.24, 2.45) is 0 Å². The highest BCUT2D eigenvalue weighted by Crippen LogP contribution is 2.39. The second-order valence-corrected chi connectivity index (χ2v) is 8.64. The third-order valence-electron chi connectivity index (χ3n) is 5.87. The molecule has 0 bridgehead atoms. The van der Waals surface area contributed by atoms with Crippen LogP contribution in [0.4, 0.5) is 0 Å². The number of aryl methyl sites for hydroxylation is 1. The van der Waals surface area contributed by atoms with Crippen LogP contribution >= 0.6 is 0 Å². The van der Waals surface area contributed by atoms with Crippen LogP contribution in [0.1, 0.15) is 37.4 Å². The quantitative estimate of drug-likeness (QED) is 0.222. The van der Waals surface area contributed by atoms with Crippen LogP contribution in [0, 0.1) is 0 Å². The lowest BCUT2D eigenvalue weighted by atomic mass is 9.95. The molecule has 1 amide bonds. The molecule has 35 heavy (non-hydrogen) atoms. The van der Waals surface area contributed by atoms with E-state index in [1.807, 2.05) is 49.3 Å². The summed E-state index contributed by atoms with van der Waals surface area (Å²) in [5, 5.41) is 13.5. The number of amides is 1. The number of ether oxygens (including phenoxy) is 2. The fourth-order valence-electron chi connectivity index (χ4n) is 4.23. The summed E-state index contributed by atoms with van der Waals surface area (Å²) in [5.74, 6) is -0.596. The zero-order valence-corrected chi connectivity index (χ0v) is 20.1. The molecule has 0 spiro atoms. The molecule has 3 aromatic rings. The highest BCUT2D eigenvalue weighted by molar-refractivity contribution is 6.46. The number of hydrogen-bond donors (Lipinski definition) is 1. The van der Waals surface area contributed by atoms with E-state index in [9.17, 15) is 14.7 Å². The van der Waals surface area contributed by atoms with Crippen LogP contribution in [0.5, 0.6) is 11.5 Å². The zero-order chi connectivity index (χ0) is 24.9. The van der Waals surface area contributed by atoms with Crippen molar-refractivity contribution < 1.29 is 28.7 Å². The van der Waals surface area contributed by atoms with Gasteiger partial charge < -0.3 is 19.5 Å². The summed E-state index contributed by atoms with van der Waals surface area (Å²) in [5.41, 5.74) is 0.981. The van der Waals surface area contributed by atoms with Crippen LogP contribution in [0.25, 0.3) is 5.76 Å². The summed E-state index contributed by atoms with van der Waals surface area (Å²) in [7, 11) is 1.54. The van der Waals surface area contributed by atoms with Crippen molar-refractivity contribution in [1.82, 2.24) is 9.88 Å². The number of methoxy groups -OCH3 is 1. The van der Waals surface area contributed by atoms with Crippen LogP contribution in [-0.4, -0.2) is 41.3 Å². The number of H-pyrrole nitrogens is 1. The normalized spacial score (nSPS) is 17.3. The first-order valence-corrected chi connectivity index (χ1v) is 11.6. The summed E-state index contributed by atoms with van der Waals surface area (Å²) in [6.07, 6.45) is 6.17. The minimum absolute atomic E-state index is 0.0108. The molecule has 8 nitrogen and oxygen atoms in total. The van der Waals surface area contributed by atoms with Gasteiger partial charge in [0.05, 0.1) is 25.8 Å². The fourth-order valence-corrected chi connectivity index (χ4v) is 4.23. The SMILES string of the molecule is COc1ccc(/C([O-])=C2\C(=O)C(=O)N(CCC[n+]3cc[nH]c3)C2c2ccc(OC(C)C)cc2)cc1. The Morgan fingerprint density at radius 3 is 2.37 bits per heavy atom. The maximum Gasteiger partial charge on any atom is 0.295 e. The van der Waals surface area contributed by atoms with Gasteiger partial charge in [-0.2, -0.15) is 0 Å². The van der Waals surface area contributed by atoms with E-state index in [4.69, 9.17) is 9.47 Å². The van der Waals surface area contributed by atoms with Gasteiger partial charge in [-0.05, 0) is 49.2 Å². The van der Waals surface area contributed by atoms with Gasteiger partial charge in [-0.25, -0.2) is 4.57 Å². The Balaban J connectivity index is 1.71. The van der Waals surface area contributed by atoms with E-state index >= 15 is 0 Å². The minimum atomic E-state index is -0.770. The molecule has 1 aliphatic heterocycles. The number of aromatic nitrogens is 2. The number of aromatic amines is 1. The van der Waals surface area contributed by atoms with E-state index in [0.29, 0.717) is 42.1 Å². The zero-order valence-electron chi connectivity index (χ0n) is 20.1. The molecule has 1 aromatic heterocycles. The number of ketones is 1. The van der Waals surface area contributed by atoms with Gasteiger partial charge in [-0.15, -0.1) is 0 Å². The molecule has 182 valence electrons. The van der Waals surface area contributed by atoms with Gasteiger partial charge in [0, 0.05) is 18.5 Å². The Morgan fingerprint density at radius 1 is 1.09 bits per heavy atom. The molecule has 2 heterocycles. The average Bonchev–Trinajstić information content (AvgIpc) is 3.46. The number of carbonyl (C=O) groups excluding carboxylic acids is 2. The second kappa shape index (κ2) is 10.5. The molecule has 8 heteroatoms. The first-order valence-electron chi connectivity index (χ1n) is 11.6. The number of likely N-dealkylation sites (tertiary alicyclic amines) is 1. The number of imidazole rings is 1. The number of carbonyl (C=O) groups is 2. The lowest BCUT2D eigenvalue weighted by molar-refractivity contribution is -0.695. The Morgan fingerprint density at radius 2 is 1.77 bits per heavy atom. The standard InChI is InChI=1S/C27H29N3O5/c1-18(2)35-22-11-5-19(6-12-22)24-23(25(31)20-7-9-21(34-3)10-8-20)26(32)27(33)30(24)15-4-14-29-16-13-28-17-29/h5-13,16-18,24H,4,14-15H2,1-3H3,(H,31,32). The second-order valence-electron chi connectivity index (χ2n) is 8.64. The first kappa shape index (κ1) is 24.1.